The Morgan fingerprint density at radius 1 is 1.17 bits per heavy atom. The molecule has 0 aliphatic rings. The largest absolute Gasteiger partial charge is 0.465 e. The number of carbonyl (C=O) groups excluding carboxylic acids is 3. The fourth-order valence-corrected chi connectivity index (χ4v) is 6.15. The van der Waals surface area contributed by atoms with Crippen molar-refractivity contribution in [1.82, 2.24) is 9.55 Å². The molecule has 1 N–H and O–H groups in total. The molecule has 2 heterocycles. The van der Waals surface area contributed by atoms with Crippen LogP contribution in [-0.4, -0.2) is 45.4 Å². The third-order valence-corrected chi connectivity index (χ3v) is 7.95. The molecule has 2 aromatic carbocycles. The lowest BCUT2D eigenvalue weighted by molar-refractivity contribution is -0.143. The van der Waals surface area contributed by atoms with E-state index in [1.807, 2.05) is 53.9 Å². The molecular formula is C24H21BrN4O4S3. The number of nitrogens with one attached hydrogen (secondary N) is 1. The van der Waals surface area contributed by atoms with Crippen molar-refractivity contribution in [2.24, 2.45) is 4.99 Å². The maximum Gasteiger partial charge on any atom is 0.326 e. The van der Waals surface area contributed by atoms with Gasteiger partial charge in [0.25, 0.3) is 5.91 Å². The third-order valence-electron chi connectivity index (χ3n) is 4.74. The number of hydrogen-bond donors (Lipinski definition) is 1. The highest BCUT2D eigenvalue weighted by molar-refractivity contribution is 9.10. The molecular weight excluding hydrogens is 584 g/mol. The Balaban J connectivity index is 1.37. The zero-order valence-electron chi connectivity index (χ0n) is 19.1. The number of halogens is 1. The minimum Gasteiger partial charge on any atom is -0.465 e. The Kier molecular flexibility index (Phi) is 9.08. The summed E-state index contributed by atoms with van der Waals surface area (Å²) >= 11 is 7.26. The Bertz CT molecular complexity index is 1460. The van der Waals surface area contributed by atoms with E-state index in [0.717, 1.165) is 25.9 Å². The molecule has 8 nitrogen and oxygen atoms in total. The van der Waals surface area contributed by atoms with Gasteiger partial charge in [-0.15, -0.1) is 23.1 Å². The van der Waals surface area contributed by atoms with E-state index >= 15 is 0 Å². The normalized spacial score (nSPS) is 11.6. The lowest BCUT2D eigenvalue weighted by atomic mass is 10.2. The molecule has 0 aliphatic heterocycles. The molecule has 0 fully saturated rings. The van der Waals surface area contributed by atoms with Crippen LogP contribution in [0.3, 0.4) is 0 Å². The van der Waals surface area contributed by atoms with Gasteiger partial charge < -0.3 is 14.6 Å². The van der Waals surface area contributed by atoms with Gasteiger partial charge in [0.15, 0.2) is 9.93 Å². The zero-order valence-corrected chi connectivity index (χ0v) is 23.1. The molecule has 0 radical (unpaired) electrons. The number of nitrogens with zero attached hydrogens (tertiary/aromatic N) is 3. The van der Waals surface area contributed by atoms with Crippen LogP contribution in [0.4, 0.5) is 5.13 Å². The Labute approximate surface area is 227 Å². The van der Waals surface area contributed by atoms with Crippen LogP contribution in [-0.2, 0) is 25.7 Å². The Morgan fingerprint density at radius 2 is 1.97 bits per heavy atom. The number of thiazole rings is 2. The molecule has 4 aromatic rings. The molecule has 4 rings (SSSR count). The van der Waals surface area contributed by atoms with Crippen LogP contribution in [0, 0.1) is 0 Å². The number of esters is 1. The van der Waals surface area contributed by atoms with Crippen molar-refractivity contribution >= 4 is 83.5 Å². The van der Waals surface area contributed by atoms with E-state index in [0.29, 0.717) is 9.93 Å². The van der Waals surface area contributed by atoms with Gasteiger partial charge in [-0.25, -0.2) is 4.98 Å². The summed E-state index contributed by atoms with van der Waals surface area (Å²) in [5, 5.41) is 5.16. The second kappa shape index (κ2) is 12.4. The number of fused-ring (bicyclic) bond motifs is 1. The summed E-state index contributed by atoms with van der Waals surface area (Å²) in [5.41, 5.74) is 2.56. The SMILES string of the molecule is CCOC(=O)Cn1c(=NC(=O)CSCC(=O)Nc2nc(-c3ccccc3)cs2)sc2cc(Br)ccc21. The van der Waals surface area contributed by atoms with Gasteiger partial charge in [0, 0.05) is 15.4 Å². The average molecular weight is 606 g/mol. The predicted molar refractivity (Wildman–Crippen MR) is 148 cm³/mol. The minimum atomic E-state index is -0.405. The van der Waals surface area contributed by atoms with E-state index in [4.69, 9.17) is 4.74 Å². The number of aromatic nitrogens is 2. The summed E-state index contributed by atoms with van der Waals surface area (Å²) in [7, 11) is 0. The van der Waals surface area contributed by atoms with Crippen LogP contribution in [0.5, 0.6) is 0 Å². The highest BCUT2D eigenvalue weighted by atomic mass is 79.9. The summed E-state index contributed by atoms with van der Waals surface area (Å²) in [6.07, 6.45) is 0. The summed E-state index contributed by atoms with van der Waals surface area (Å²) in [4.78, 5) is 46.0. The van der Waals surface area contributed by atoms with Gasteiger partial charge in [0.2, 0.25) is 5.91 Å². The first-order valence-corrected chi connectivity index (χ1v) is 14.5. The predicted octanol–water partition coefficient (Wildman–Crippen LogP) is 4.95. The van der Waals surface area contributed by atoms with Gasteiger partial charge >= 0.3 is 5.97 Å². The minimum absolute atomic E-state index is 0.0257. The van der Waals surface area contributed by atoms with Crippen LogP contribution < -0.4 is 10.1 Å². The third kappa shape index (κ3) is 6.90. The molecule has 12 heteroatoms. The van der Waals surface area contributed by atoms with E-state index < -0.39 is 11.9 Å². The first-order chi connectivity index (χ1) is 17.4. The molecule has 0 bridgehead atoms. The van der Waals surface area contributed by atoms with Gasteiger partial charge in [0.05, 0.1) is 34.0 Å². The van der Waals surface area contributed by atoms with E-state index in [1.165, 1.54) is 34.4 Å². The molecule has 0 spiro atoms. The second-order valence-corrected chi connectivity index (χ2v) is 11.1. The van der Waals surface area contributed by atoms with Crippen molar-refractivity contribution in [1.29, 1.82) is 0 Å². The molecule has 2 amide bonds. The first-order valence-electron chi connectivity index (χ1n) is 10.8. The lowest BCUT2D eigenvalue weighted by Gasteiger charge is -2.05. The van der Waals surface area contributed by atoms with Gasteiger partial charge in [-0.2, -0.15) is 4.99 Å². The number of carbonyl (C=O) groups is 3. The highest BCUT2D eigenvalue weighted by Crippen LogP contribution is 2.25. The number of thioether (sulfide) groups is 1. The summed E-state index contributed by atoms with van der Waals surface area (Å²) in [6, 6.07) is 15.3. The van der Waals surface area contributed by atoms with Gasteiger partial charge in [-0.3, -0.25) is 14.4 Å². The molecule has 36 heavy (non-hydrogen) atoms. The highest BCUT2D eigenvalue weighted by Gasteiger charge is 2.13. The van der Waals surface area contributed by atoms with Crippen molar-refractivity contribution in [3.63, 3.8) is 0 Å². The Hall–Kier alpha value is -2.80. The fourth-order valence-electron chi connectivity index (χ4n) is 3.22. The second-order valence-electron chi connectivity index (χ2n) is 7.34. The Morgan fingerprint density at radius 3 is 2.75 bits per heavy atom. The van der Waals surface area contributed by atoms with E-state index in [9.17, 15) is 14.4 Å². The van der Waals surface area contributed by atoms with Crippen molar-refractivity contribution in [2.75, 3.05) is 23.4 Å². The monoisotopic (exact) mass is 604 g/mol. The number of ether oxygens (including phenoxy) is 1. The maximum atomic E-state index is 12.6. The van der Waals surface area contributed by atoms with E-state index in [1.54, 1.807) is 11.5 Å². The van der Waals surface area contributed by atoms with Crippen molar-refractivity contribution < 1.29 is 19.1 Å². The van der Waals surface area contributed by atoms with Crippen molar-refractivity contribution in [3.05, 3.63) is 63.2 Å². The number of amides is 2. The number of rotatable bonds is 9. The standard InChI is InChI=1S/C24H21BrN4O4S3/c1-2-33-22(32)11-29-18-9-8-16(25)10-19(18)36-24(29)28-21(31)14-34-13-20(30)27-23-26-17(12-35-23)15-6-4-3-5-7-15/h3-10,12H,2,11,13-14H2,1H3,(H,26,27,30). The molecule has 0 aliphatic carbocycles. The molecule has 186 valence electrons. The summed E-state index contributed by atoms with van der Waals surface area (Å²) in [6.45, 7) is 1.96. The van der Waals surface area contributed by atoms with Gasteiger partial charge in [-0.1, -0.05) is 57.6 Å². The maximum absolute atomic E-state index is 12.6. The van der Waals surface area contributed by atoms with E-state index in [2.05, 4.69) is 31.2 Å². The van der Waals surface area contributed by atoms with Crippen LogP contribution in [0.25, 0.3) is 21.5 Å². The van der Waals surface area contributed by atoms with Crippen LogP contribution in [0.1, 0.15) is 6.92 Å². The molecule has 0 saturated carbocycles. The molecule has 0 unspecified atom stereocenters. The van der Waals surface area contributed by atoms with Crippen LogP contribution >= 0.6 is 50.4 Å². The first kappa shape index (κ1) is 26.3. The van der Waals surface area contributed by atoms with Crippen molar-refractivity contribution in [3.8, 4) is 11.3 Å². The zero-order chi connectivity index (χ0) is 25.5. The number of hydrogen-bond acceptors (Lipinski definition) is 8. The van der Waals surface area contributed by atoms with Gasteiger partial charge in [-0.05, 0) is 25.1 Å². The molecule has 2 aromatic heterocycles. The topological polar surface area (TPSA) is 103 Å². The number of anilines is 1. The fraction of sp³-hybridized carbons (Fsp3) is 0.208. The van der Waals surface area contributed by atoms with Gasteiger partial charge in [0.1, 0.15) is 6.54 Å². The number of benzene rings is 2. The average Bonchev–Trinajstić information content (AvgIpc) is 3.44. The van der Waals surface area contributed by atoms with Crippen LogP contribution in [0.15, 0.2) is 63.4 Å². The van der Waals surface area contributed by atoms with Crippen molar-refractivity contribution in [2.45, 2.75) is 13.5 Å². The summed E-state index contributed by atoms with van der Waals surface area (Å²) in [5.74, 6) is -0.929. The van der Waals surface area contributed by atoms with Crippen LogP contribution in [0.2, 0.25) is 0 Å². The molecule has 0 atom stereocenters. The molecule has 0 saturated heterocycles. The quantitative estimate of drug-likeness (QED) is 0.271. The lowest BCUT2D eigenvalue weighted by Crippen LogP contribution is -2.23. The van der Waals surface area contributed by atoms with E-state index in [-0.39, 0.29) is 30.6 Å². The smallest absolute Gasteiger partial charge is 0.326 e. The summed E-state index contributed by atoms with van der Waals surface area (Å²) < 4.78 is 8.51.